The molecule has 1 fully saturated rings. The van der Waals surface area contributed by atoms with Crippen LogP contribution in [0.5, 0.6) is 0 Å². The van der Waals surface area contributed by atoms with Crippen LogP contribution in [0, 0.1) is 23.2 Å². The fourth-order valence-corrected chi connectivity index (χ4v) is 2.23. The highest BCUT2D eigenvalue weighted by Crippen LogP contribution is 2.27. The van der Waals surface area contributed by atoms with Gasteiger partial charge >= 0.3 is 0 Å². The van der Waals surface area contributed by atoms with Gasteiger partial charge in [0.05, 0.1) is 5.92 Å². The SMILES string of the molecule is C[C@@H]1CN(c2ccnc(C#N)c2)C[C@H]1C(N)=O. The van der Waals surface area contributed by atoms with E-state index >= 15 is 0 Å². The number of nitrogens with zero attached hydrogens (tertiary/aromatic N) is 3. The second kappa shape index (κ2) is 4.42. The van der Waals surface area contributed by atoms with Crippen LogP contribution in [0.25, 0.3) is 0 Å². The van der Waals surface area contributed by atoms with Crippen molar-refractivity contribution >= 4 is 11.6 Å². The van der Waals surface area contributed by atoms with Gasteiger partial charge in [-0.1, -0.05) is 6.92 Å². The highest BCUT2D eigenvalue weighted by Gasteiger charge is 2.33. The molecule has 5 nitrogen and oxygen atoms in total. The first-order chi connectivity index (χ1) is 8.11. The van der Waals surface area contributed by atoms with E-state index in [4.69, 9.17) is 11.0 Å². The topological polar surface area (TPSA) is 83.0 Å². The van der Waals surface area contributed by atoms with Crippen LogP contribution < -0.4 is 10.6 Å². The summed E-state index contributed by atoms with van der Waals surface area (Å²) in [6.45, 7) is 3.41. The Kier molecular flexibility index (Phi) is 2.96. The summed E-state index contributed by atoms with van der Waals surface area (Å²) in [5.41, 5.74) is 6.66. The number of carbonyl (C=O) groups excluding carboxylic acids is 1. The number of nitrogens with two attached hydrogens (primary N) is 1. The first kappa shape index (κ1) is 11.4. The first-order valence-electron chi connectivity index (χ1n) is 5.52. The molecule has 5 heteroatoms. The summed E-state index contributed by atoms with van der Waals surface area (Å²) in [6.07, 6.45) is 1.61. The Hall–Kier alpha value is -2.09. The first-order valence-corrected chi connectivity index (χ1v) is 5.52. The Morgan fingerprint density at radius 1 is 1.65 bits per heavy atom. The van der Waals surface area contributed by atoms with Crippen LogP contribution in [0.3, 0.4) is 0 Å². The molecular weight excluding hydrogens is 216 g/mol. The Morgan fingerprint density at radius 2 is 2.41 bits per heavy atom. The summed E-state index contributed by atoms with van der Waals surface area (Å²) in [5, 5.41) is 8.79. The van der Waals surface area contributed by atoms with Crippen molar-refractivity contribution in [2.75, 3.05) is 18.0 Å². The average molecular weight is 230 g/mol. The summed E-state index contributed by atoms with van der Waals surface area (Å²) in [4.78, 5) is 17.2. The lowest BCUT2D eigenvalue weighted by molar-refractivity contribution is -0.122. The lowest BCUT2D eigenvalue weighted by Gasteiger charge is -2.17. The Bertz CT molecular complexity index is 480. The van der Waals surface area contributed by atoms with Crippen LogP contribution in [0.4, 0.5) is 5.69 Å². The molecule has 2 rings (SSSR count). The number of anilines is 1. The molecule has 0 spiro atoms. The van der Waals surface area contributed by atoms with Crippen LogP contribution in [0.2, 0.25) is 0 Å². The van der Waals surface area contributed by atoms with Crippen molar-refractivity contribution < 1.29 is 4.79 Å². The zero-order chi connectivity index (χ0) is 12.4. The summed E-state index contributed by atoms with van der Waals surface area (Å²) in [5.74, 6) is -0.130. The fourth-order valence-electron chi connectivity index (χ4n) is 2.23. The van der Waals surface area contributed by atoms with E-state index in [9.17, 15) is 4.79 Å². The molecule has 1 aliphatic rings. The van der Waals surface area contributed by atoms with Gasteiger partial charge in [-0.3, -0.25) is 4.79 Å². The molecule has 2 N–H and O–H groups in total. The number of aromatic nitrogens is 1. The third-order valence-corrected chi connectivity index (χ3v) is 3.20. The van der Waals surface area contributed by atoms with E-state index in [1.807, 2.05) is 19.1 Å². The maximum Gasteiger partial charge on any atom is 0.222 e. The van der Waals surface area contributed by atoms with Gasteiger partial charge in [0.25, 0.3) is 0 Å². The molecule has 1 amide bonds. The molecule has 0 bridgehead atoms. The van der Waals surface area contributed by atoms with Crippen molar-refractivity contribution in [1.82, 2.24) is 4.98 Å². The molecule has 0 saturated carbocycles. The predicted octanol–water partition coefficient (Wildman–Crippen LogP) is 0.511. The fraction of sp³-hybridized carbons (Fsp3) is 0.417. The molecule has 2 heterocycles. The number of hydrogen-bond acceptors (Lipinski definition) is 4. The zero-order valence-corrected chi connectivity index (χ0v) is 9.63. The summed E-state index contributed by atoms with van der Waals surface area (Å²) < 4.78 is 0. The van der Waals surface area contributed by atoms with Gasteiger partial charge in [0.2, 0.25) is 5.91 Å². The monoisotopic (exact) mass is 230 g/mol. The molecule has 17 heavy (non-hydrogen) atoms. The van der Waals surface area contributed by atoms with Gasteiger partial charge < -0.3 is 10.6 Å². The van der Waals surface area contributed by atoms with E-state index in [2.05, 4.69) is 9.88 Å². The molecule has 0 aromatic carbocycles. The second-order valence-electron chi connectivity index (χ2n) is 4.40. The molecule has 88 valence electrons. The molecule has 0 unspecified atom stereocenters. The Balaban J connectivity index is 2.20. The van der Waals surface area contributed by atoms with E-state index in [0.717, 1.165) is 12.2 Å². The third kappa shape index (κ3) is 2.21. The average Bonchev–Trinajstić information content (AvgIpc) is 2.71. The number of hydrogen-bond donors (Lipinski definition) is 1. The Labute approximate surface area is 99.9 Å². The molecule has 1 aromatic heterocycles. The maximum absolute atomic E-state index is 11.2. The number of rotatable bonds is 2. The van der Waals surface area contributed by atoms with Crippen molar-refractivity contribution in [3.8, 4) is 6.07 Å². The van der Waals surface area contributed by atoms with Gasteiger partial charge in [0, 0.05) is 25.0 Å². The zero-order valence-electron chi connectivity index (χ0n) is 9.63. The third-order valence-electron chi connectivity index (χ3n) is 3.20. The van der Waals surface area contributed by atoms with Crippen molar-refractivity contribution in [3.05, 3.63) is 24.0 Å². The molecular formula is C12H14N4O. The predicted molar refractivity (Wildman–Crippen MR) is 63.0 cm³/mol. The van der Waals surface area contributed by atoms with Gasteiger partial charge in [-0.15, -0.1) is 0 Å². The summed E-state index contributed by atoms with van der Waals surface area (Å²) >= 11 is 0. The summed E-state index contributed by atoms with van der Waals surface area (Å²) in [6, 6.07) is 5.58. The van der Waals surface area contributed by atoms with Crippen molar-refractivity contribution in [2.45, 2.75) is 6.92 Å². The van der Waals surface area contributed by atoms with Crippen LogP contribution in [-0.4, -0.2) is 24.0 Å². The van der Waals surface area contributed by atoms with Crippen LogP contribution in [-0.2, 0) is 4.79 Å². The largest absolute Gasteiger partial charge is 0.370 e. The van der Waals surface area contributed by atoms with Gasteiger partial charge in [-0.2, -0.15) is 5.26 Å². The number of nitriles is 1. The number of primary amides is 1. The minimum absolute atomic E-state index is 0.117. The van der Waals surface area contributed by atoms with E-state index in [1.165, 1.54) is 0 Å². The van der Waals surface area contributed by atoms with Crippen LogP contribution in [0.1, 0.15) is 12.6 Å². The number of pyridine rings is 1. The molecule has 1 aromatic rings. The van der Waals surface area contributed by atoms with Gasteiger partial charge in [-0.05, 0) is 18.1 Å². The molecule has 0 radical (unpaired) electrons. The quantitative estimate of drug-likeness (QED) is 0.802. The highest BCUT2D eigenvalue weighted by molar-refractivity contribution is 5.78. The lowest BCUT2D eigenvalue weighted by atomic mass is 9.98. The van der Waals surface area contributed by atoms with E-state index in [-0.39, 0.29) is 17.7 Å². The van der Waals surface area contributed by atoms with Crippen molar-refractivity contribution in [2.24, 2.45) is 17.6 Å². The number of amides is 1. The van der Waals surface area contributed by atoms with Gasteiger partial charge in [-0.25, -0.2) is 4.98 Å². The minimum Gasteiger partial charge on any atom is -0.370 e. The van der Waals surface area contributed by atoms with Crippen molar-refractivity contribution in [1.29, 1.82) is 5.26 Å². The second-order valence-corrected chi connectivity index (χ2v) is 4.40. The Morgan fingerprint density at radius 3 is 3.00 bits per heavy atom. The van der Waals surface area contributed by atoms with Crippen LogP contribution >= 0.6 is 0 Å². The summed E-state index contributed by atoms with van der Waals surface area (Å²) in [7, 11) is 0. The highest BCUT2D eigenvalue weighted by atomic mass is 16.1. The normalized spacial score (nSPS) is 23.4. The molecule has 1 aliphatic heterocycles. The standard InChI is InChI=1S/C12H14N4O/c1-8-6-16(7-11(8)12(14)17)10-2-3-15-9(4-10)5-13/h2-4,8,11H,6-7H2,1H3,(H2,14,17)/t8-,11-/m1/s1. The van der Waals surface area contributed by atoms with Crippen molar-refractivity contribution in [3.63, 3.8) is 0 Å². The smallest absolute Gasteiger partial charge is 0.222 e. The van der Waals surface area contributed by atoms with E-state index in [1.54, 1.807) is 12.3 Å². The maximum atomic E-state index is 11.2. The van der Waals surface area contributed by atoms with Gasteiger partial charge in [0.1, 0.15) is 11.8 Å². The molecule has 1 saturated heterocycles. The van der Waals surface area contributed by atoms with Gasteiger partial charge in [0.15, 0.2) is 0 Å². The van der Waals surface area contributed by atoms with Crippen LogP contribution in [0.15, 0.2) is 18.3 Å². The van der Waals surface area contributed by atoms with E-state index in [0.29, 0.717) is 12.2 Å². The molecule has 2 atom stereocenters. The molecule has 0 aliphatic carbocycles. The number of carbonyl (C=O) groups is 1. The lowest BCUT2D eigenvalue weighted by Crippen LogP contribution is -2.29. The minimum atomic E-state index is -0.255. The van der Waals surface area contributed by atoms with E-state index < -0.39 is 0 Å².